The molecule has 2 aromatic carbocycles. The lowest BCUT2D eigenvalue weighted by molar-refractivity contribution is 0.588. The Balaban J connectivity index is 1.78. The fourth-order valence-electron chi connectivity index (χ4n) is 1.85. The van der Waals surface area contributed by atoms with Crippen molar-refractivity contribution in [3.05, 3.63) is 65.5 Å². The average Bonchev–Trinajstić information content (AvgIpc) is 2.37. The van der Waals surface area contributed by atoms with E-state index in [1.54, 1.807) is 12.1 Å². The molecule has 0 amide bonds. The molecule has 0 fully saturated rings. The van der Waals surface area contributed by atoms with Gasteiger partial charge in [-0.05, 0) is 36.7 Å². The van der Waals surface area contributed by atoms with Crippen molar-refractivity contribution in [2.75, 3.05) is 12.3 Å². The van der Waals surface area contributed by atoms with E-state index < -0.39 is 0 Å². The Morgan fingerprint density at radius 3 is 2.67 bits per heavy atom. The zero-order valence-electron chi connectivity index (χ0n) is 10.2. The topological polar surface area (TPSA) is 38.0 Å². The molecule has 3 N–H and O–H groups in total. The summed E-state index contributed by atoms with van der Waals surface area (Å²) in [5, 5.41) is 3.23. The molecule has 0 spiro atoms. The highest BCUT2D eigenvalue weighted by Crippen LogP contribution is 2.07. The summed E-state index contributed by atoms with van der Waals surface area (Å²) in [5.74, 6) is -0.158. The first-order valence-corrected chi connectivity index (χ1v) is 6.04. The second-order valence-electron chi connectivity index (χ2n) is 4.26. The second kappa shape index (κ2) is 6.17. The predicted octanol–water partition coefficient (Wildman–Crippen LogP) is 2.74. The molecular formula is C15H17FN2. The minimum absolute atomic E-state index is 0.158. The molecule has 2 rings (SSSR count). The van der Waals surface area contributed by atoms with Crippen LogP contribution in [0.25, 0.3) is 0 Å². The van der Waals surface area contributed by atoms with E-state index in [9.17, 15) is 4.39 Å². The third-order valence-corrected chi connectivity index (χ3v) is 2.81. The van der Waals surface area contributed by atoms with Gasteiger partial charge in [-0.1, -0.05) is 30.3 Å². The number of halogens is 1. The van der Waals surface area contributed by atoms with Crippen molar-refractivity contribution in [3.63, 3.8) is 0 Å². The van der Waals surface area contributed by atoms with Crippen LogP contribution in [-0.2, 0) is 13.0 Å². The van der Waals surface area contributed by atoms with Gasteiger partial charge in [0, 0.05) is 17.8 Å². The average molecular weight is 244 g/mol. The predicted molar refractivity (Wildman–Crippen MR) is 72.7 cm³/mol. The molecule has 0 radical (unpaired) electrons. The Bertz CT molecular complexity index is 511. The Morgan fingerprint density at radius 1 is 1.06 bits per heavy atom. The number of nitrogens with one attached hydrogen (secondary N) is 1. The highest BCUT2D eigenvalue weighted by Gasteiger charge is 1.99. The van der Waals surface area contributed by atoms with Gasteiger partial charge in [0.05, 0.1) is 0 Å². The van der Waals surface area contributed by atoms with Crippen molar-refractivity contribution in [3.8, 4) is 0 Å². The van der Waals surface area contributed by atoms with Gasteiger partial charge in [-0.2, -0.15) is 0 Å². The van der Waals surface area contributed by atoms with Crippen LogP contribution >= 0.6 is 0 Å². The largest absolute Gasteiger partial charge is 0.399 e. The molecule has 0 unspecified atom stereocenters. The van der Waals surface area contributed by atoms with E-state index in [0.29, 0.717) is 12.1 Å². The Hall–Kier alpha value is -1.87. The quantitative estimate of drug-likeness (QED) is 0.627. The highest BCUT2D eigenvalue weighted by molar-refractivity contribution is 5.40. The maximum Gasteiger partial charge on any atom is 0.127 e. The van der Waals surface area contributed by atoms with Gasteiger partial charge in [-0.15, -0.1) is 0 Å². The molecule has 2 aromatic rings. The molecule has 0 aliphatic heterocycles. The number of hydrogen-bond acceptors (Lipinski definition) is 2. The summed E-state index contributed by atoms with van der Waals surface area (Å²) < 4.78 is 13.3. The number of rotatable bonds is 5. The van der Waals surface area contributed by atoms with Gasteiger partial charge in [0.25, 0.3) is 0 Å². The van der Waals surface area contributed by atoms with Gasteiger partial charge >= 0.3 is 0 Å². The normalized spacial score (nSPS) is 10.5. The fourth-order valence-corrected chi connectivity index (χ4v) is 1.85. The first kappa shape index (κ1) is 12.6. The van der Waals surface area contributed by atoms with E-state index in [4.69, 9.17) is 5.73 Å². The number of nitrogen functional groups attached to an aromatic ring is 1. The highest BCUT2D eigenvalue weighted by atomic mass is 19.1. The van der Waals surface area contributed by atoms with E-state index in [2.05, 4.69) is 5.32 Å². The molecule has 0 bridgehead atoms. The molecule has 0 aliphatic rings. The fraction of sp³-hybridized carbons (Fsp3) is 0.200. The molecule has 0 heterocycles. The lowest BCUT2D eigenvalue weighted by Crippen LogP contribution is -2.17. The van der Waals surface area contributed by atoms with Crippen LogP contribution in [0.2, 0.25) is 0 Å². The summed E-state index contributed by atoms with van der Waals surface area (Å²) in [7, 11) is 0. The van der Waals surface area contributed by atoms with Gasteiger partial charge < -0.3 is 11.1 Å². The smallest absolute Gasteiger partial charge is 0.127 e. The number of benzene rings is 2. The molecule has 18 heavy (non-hydrogen) atoms. The zero-order valence-corrected chi connectivity index (χ0v) is 10.2. The van der Waals surface area contributed by atoms with Gasteiger partial charge in [0.1, 0.15) is 5.82 Å². The van der Waals surface area contributed by atoms with Gasteiger partial charge in [0.2, 0.25) is 0 Å². The van der Waals surface area contributed by atoms with Crippen molar-refractivity contribution in [1.82, 2.24) is 5.32 Å². The number of nitrogens with two attached hydrogens (primary N) is 1. The van der Waals surface area contributed by atoms with Crippen LogP contribution in [0.5, 0.6) is 0 Å². The molecule has 0 aromatic heterocycles. The van der Waals surface area contributed by atoms with Crippen LogP contribution in [0, 0.1) is 5.82 Å². The summed E-state index contributed by atoms with van der Waals surface area (Å²) in [6.07, 6.45) is 0.888. The maximum atomic E-state index is 13.3. The molecule has 0 aliphatic carbocycles. The van der Waals surface area contributed by atoms with Crippen molar-refractivity contribution in [2.24, 2.45) is 0 Å². The standard InChI is InChI=1S/C15H17FN2/c16-15-7-2-1-5-13(15)11-18-9-8-12-4-3-6-14(17)10-12/h1-7,10,18H,8-9,11,17H2. The monoisotopic (exact) mass is 244 g/mol. The van der Waals surface area contributed by atoms with Crippen LogP contribution < -0.4 is 11.1 Å². The third kappa shape index (κ3) is 3.57. The summed E-state index contributed by atoms with van der Waals surface area (Å²) in [5.41, 5.74) is 8.37. The summed E-state index contributed by atoms with van der Waals surface area (Å²) >= 11 is 0. The van der Waals surface area contributed by atoms with Crippen LogP contribution in [0.4, 0.5) is 10.1 Å². The summed E-state index contributed by atoms with van der Waals surface area (Å²) in [6.45, 7) is 1.35. The Labute approximate surface area is 107 Å². The molecule has 0 saturated heterocycles. The maximum absolute atomic E-state index is 13.3. The SMILES string of the molecule is Nc1cccc(CCNCc2ccccc2F)c1. The second-order valence-corrected chi connectivity index (χ2v) is 4.26. The lowest BCUT2D eigenvalue weighted by atomic mass is 10.1. The first-order chi connectivity index (χ1) is 8.75. The molecular weight excluding hydrogens is 227 g/mol. The number of anilines is 1. The molecule has 0 atom stereocenters. The molecule has 0 saturated carbocycles. The van der Waals surface area contributed by atoms with Crippen LogP contribution in [-0.4, -0.2) is 6.54 Å². The Kier molecular flexibility index (Phi) is 4.31. The van der Waals surface area contributed by atoms with E-state index in [0.717, 1.165) is 18.7 Å². The molecule has 2 nitrogen and oxygen atoms in total. The zero-order chi connectivity index (χ0) is 12.8. The summed E-state index contributed by atoms with van der Waals surface area (Å²) in [4.78, 5) is 0. The van der Waals surface area contributed by atoms with E-state index in [1.807, 2.05) is 30.3 Å². The van der Waals surface area contributed by atoms with E-state index >= 15 is 0 Å². The number of hydrogen-bond donors (Lipinski definition) is 2. The minimum atomic E-state index is -0.158. The lowest BCUT2D eigenvalue weighted by Gasteiger charge is -2.06. The van der Waals surface area contributed by atoms with Gasteiger partial charge in [0.15, 0.2) is 0 Å². The first-order valence-electron chi connectivity index (χ1n) is 6.04. The van der Waals surface area contributed by atoms with Gasteiger partial charge in [-0.25, -0.2) is 4.39 Å². The van der Waals surface area contributed by atoms with Crippen molar-refractivity contribution in [1.29, 1.82) is 0 Å². The molecule has 94 valence electrons. The van der Waals surface area contributed by atoms with Gasteiger partial charge in [-0.3, -0.25) is 0 Å². The minimum Gasteiger partial charge on any atom is -0.399 e. The van der Waals surface area contributed by atoms with Crippen LogP contribution in [0.1, 0.15) is 11.1 Å². The van der Waals surface area contributed by atoms with Crippen LogP contribution in [0.3, 0.4) is 0 Å². The van der Waals surface area contributed by atoms with E-state index in [-0.39, 0.29) is 5.82 Å². The summed E-state index contributed by atoms with van der Waals surface area (Å²) in [6, 6.07) is 14.6. The Morgan fingerprint density at radius 2 is 1.89 bits per heavy atom. The van der Waals surface area contributed by atoms with Crippen molar-refractivity contribution < 1.29 is 4.39 Å². The van der Waals surface area contributed by atoms with E-state index in [1.165, 1.54) is 11.6 Å². The third-order valence-electron chi connectivity index (χ3n) is 2.81. The van der Waals surface area contributed by atoms with Crippen LogP contribution in [0.15, 0.2) is 48.5 Å². The van der Waals surface area contributed by atoms with Crippen molar-refractivity contribution in [2.45, 2.75) is 13.0 Å². The molecule has 3 heteroatoms. The van der Waals surface area contributed by atoms with Crippen molar-refractivity contribution >= 4 is 5.69 Å².